The van der Waals surface area contributed by atoms with Crippen LogP contribution in [-0.4, -0.2) is 11.6 Å². The monoisotopic (exact) mass is 174 g/mol. The number of allylic oxidation sites excluding steroid dienone is 4. The number of fused-ring (bicyclic) bond motifs is 1. The SMILES string of the molecule is O=C1CCC2=CC(=O)C3(C=C12)CC3. The Balaban J connectivity index is 2.13. The molecule has 3 aliphatic rings. The Labute approximate surface area is 76.3 Å². The van der Waals surface area contributed by atoms with Gasteiger partial charge in [0.25, 0.3) is 0 Å². The van der Waals surface area contributed by atoms with Crippen molar-refractivity contribution in [2.75, 3.05) is 0 Å². The molecule has 0 aromatic heterocycles. The van der Waals surface area contributed by atoms with E-state index >= 15 is 0 Å². The van der Waals surface area contributed by atoms with Gasteiger partial charge in [0.15, 0.2) is 11.6 Å². The number of ketones is 2. The minimum absolute atomic E-state index is 0.223. The molecule has 2 fully saturated rings. The third-order valence-electron chi connectivity index (χ3n) is 3.27. The van der Waals surface area contributed by atoms with E-state index in [-0.39, 0.29) is 17.0 Å². The van der Waals surface area contributed by atoms with Gasteiger partial charge in [0.1, 0.15) is 0 Å². The maximum atomic E-state index is 11.6. The van der Waals surface area contributed by atoms with E-state index in [2.05, 4.69) is 0 Å². The normalized spacial score (nSPS) is 28.6. The van der Waals surface area contributed by atoms with E-state index in [4.69, 9.17) is 0 Å². The van der Waals surface area contributed by atoms with Gasteiger partial charge < -0.3 is 0 Å². The van der Waals surface area contributed by atoms with Crippen LogP contribution in [0.1, 0.15) is 25.7 Å². The van der Waals surface area contributed by atoms with Crippen molar-refractivity contribution in [2.45, 2.75) is 25.7 Å². The molecule has 2 heteroatoms. The summed E-state index contributed by atoms with van der Waals surface area (Å²) in [5.74, 6) is 0.450. The van der Waals surface area contributed by atoms with Gasteiger partial charge in [-0.05, 0) is 30.9 Å². The number of hydrogen-bond acceptors (Lipinski definition) is 2. The minimum atomic E-state index is -0.237. The predicted octanol–water partition coefficient (Wildman–Crippen LogP) is 1.56. The molecule has 0 amide bonds. The van der Waals surface area contributed by atoms with Crippen molar-refractivity contribution in [1.82, 2.24) is 0 Å². The quantitative estimate of drug-likeness (QED) is 0.558. The Morgan fingerprint density at radius 3 is 2.62 bits per heavy atom. The lowest BCUT2D eigenvalue weighted by molar-refractivity contribution is -0.118. The molecular weight excluding hydrogens is 164 g/mol. The Bertz CT molecular complexity index is 381. The van der Waals surface area contributed by atoms with E-state index in [1.165, 1.54) is 0 Å². The van der Waals surface area contributed by atoms with Gasteiger partial charge in [-0.15, -0.1) is 0 Å². The van der Waals surface area contributed by atoms with Gasteiger partial charge in [-0.1, -0.05) is 6.08 Å². The van der Waals surface area contributed by atoms with Gasteiger partial charge in [-0.25, -0.2) is 0 Å². The van der Waals surface area contributed by atoms with Crippen LogP contribution >= 0.6 is 0 Å². The molecule has 3 rings (SSSR count). The van der Waals surface area contributed by atoms with Crippen LogP contribution in [0.2, 0.25) is 0 Å². The zero-order valence-corrected chi connectivity index (χ0v) is 7.30. The molecule has 0 saturated heterocycles. The van der Waals surface area contributed by atoms with Crippen LogP contribution in [0.3, 0.4) is 0 Å². The molecule has 2 saturated carbocycles. The lowest BCUT2D eigenvalue weighted by Gasteiger charge is -2.13. The van der Waals surface area contributed by atoms with Gasteiger partial charge in [0.05, 0.1) is 5.41 Å². The summed E-state index contributed by atoms with van der Waals surface area (Å²) in [6, 6.07) is 0. The van der Waals surface area contributed by atoms with E-state index in [0.29, 0.717) is 6.42 Å². The van der Waals surface area contributed by atoms with Crippen LogP contribution in [0.4, 0.5) is 0 Å². The first-order valence-corrected chi connectivity index (χ1v) is 4.73. The predicted molar refractivity (Wildman–Crippen MR) is 47.1 cm³/mol. The highest BCUT2D eigenvalue weighted by Gasteiger charge is 2.50. The number of hydrogen-bond donors (Lipinski definition) is 0. The number of Topliss-reactive ketones (excluding diaryl/α,β-unsaturated/α-hetero) is 1. The second kappa shape index (κ2) is 2.00. The summed E-state index contributed by atoms with van der Waals surface area (Å²) in [6.07, 6.45) is 6.87. The van der Waals surface area contributed by atoms with Crippen molar-refractivity contribution in [3.05, 3.63) is 23.3 Å². The van der Waals surface area contributed by atoms with Crippen molar-refractivity contribution in [2.24, 2.45) is 5.41 Å². The topological polar surface area (TPSA) is 34.1 Å². The van der Waals surface area contributed by atoms with Crippen LogP contribution < -0.4 is 0 Å². The summed E-state index contributed by atoms with van der Waals surface area (Å²) in [6.45, 7) is 0. The zero-order chi connectivity index (χ0) is 9.05. The van der Waals surface area contributed by atoms with Crippen LogP contribution in [0.5, 0.6) is 0 Å². The van der Waals surface area contributed by atoms with Crippen molar-refractivity contribution in [3.63, 3.8) is 0 Å². The zero-order valence-electron chi connectivity index (χ0n) is 7.30. The molecule has 13 heavy (non-hydrogen) atoms. The smallest absolute Gasteiger partial charge is 0.165 e. The molecule has 0 heterocycles. The number of rotatable bonds is 0. The van der Waals surface area contributed by atoms with E-state index in [1.54, 1.807) is 6.08 Å². The fourth-order valence-electron chi connectivity index (χ4n) is 2.19. The molecular formula is C11H10O2. The second-order valence-corrected chi connectivity index (χ2v) is 4.17. The van der Waals surface area contributed by atoms with E-state index < -0.39 is 0 Å². The van der Waals surface area contributed by atoms with Crippen LogP contribution in [0.15, 0.2) is 23.3 Å². The summed E-state index contributed by atoms with van der Waals surface area (Å²) in [4.78, 5) is 23.0. The average Bonchev–Trinajstić information content (AvgIpc) is 2.80. The maximum absolute atomic E-state index is 11.6. The van der Waals surface area contributed by atoms with Crippen molar-refractivity contribution < 1.29 is 9.59 Å². The standard InChI is InChI=1S/C11H10O2/c12-9-2-1-7-5-10(13)11(3-4-11)6-8(7)9/h5-6H,1-4H2. The van der Waals surface area contributed by atoms with Crippen molar-refractivity contribution >= 4 is 11.6 Å². The van der Waals surface area contributed by atoms with Gasteiger partial charge in [-0.2, -0.15) is 0 Å². The highest BCUT2D eigenvalue weighted by atomic mass is 16.1. The molecule has 0 aromatic rings. The Kier molecular flexibility index (Phi) is 1.12. The number of carbonyl (C=O) groups excluding carboxylic acids is 2. The summed E-state index contributed by atoms with van der Waals surface area (Å²) in [7, 11) is 0. The van der Waals surface area contributed by atoms with E-state index in [1.807, 2.05) is 6.08 Å². The molecule has 0 N–H and O–H groups in total. The molecule has 0 radical (unpaired) electrons. The van der Waals surface area contributed by atoms with E-state index in [0.717, 1.165) is 30.4 Å². The van der Waals surface area contributed by atoms with E-state index in [9.17, 15) is 9.59 Å². The molecule has 66 valence electrons. The molecule has 0 atom stereocenters. The lowest BCUT2D eigenvalue weighted by Crippen LogP contribution is -2.16. The maximum Gasteiger partial charge on any atom is 0.165 e. The molecule has 0 aromatic carbocycles. The molecule has 3 aliphatic carbocycles. The Morgan fingerprint density at radius 1 is 1.15 bits per heavy atom. The van der Waals surface area contributed by atoms with Crippen molar-refractivity contribution in [3.8, 4) is 0 Å². The first-order valence-electron chi connectivity index (χ1n) is 4.73. The summed E-state index contributed by atoms with van der Waals surface area (Å²) >= 11 is 0. The lowest BCUT2D eigenvalue weighted by atomic mass is 9.88. The number of carbonyl (C=O) groups is 2. The van der Waals surface area contributed by atoms with Crippen LogP contribution in [0, 0.1) is 5.41 Å². The third kappa shape index (κ3) is 0.831. The molecule has 0 aliphatic heterocycles. The minimum Gasteiger partial charge on any atom is -0.294 e. The van der Waals surface area contributed by atoms with Gasteiger partial charge in [-0.3, -0.25) is 9.59 Å². The largest absolute Gasteiger partial charge is 0.294 e. The highest BCUT2D eigenvalue weighted by molar-refractivity contribution is 6.10. The van der Waals surface area contributed by atoms with Gasteiger partial charge in [0, 0.05) is 12.0 Å². The summed E-state index contributed by atoms with van der Waals surface area (Å²) in [5, 5.41) is 0. The second-order valence-electron chi connectivity index (χ2n) is 4.17. The first kappa shape index (κ1) is 7.25. The fourth-order valence-corrected chi connectivity index (χ4v) is 2.19. The molecule has 0 bridgehead atoms. The van der Waals surface area contributed by atoms with Gasteiger partial charge >= 0.3 is 0 Å². The molecule has 2 nitrogen and oxygen atoms in total. The summed E-state index contributed by atoms with van der Waals surface area (Å²) < 4.78 is 0. The van der Waals surface area contributed by atoms with Gasteiger partial charge in [0.2, 0.25) is 0 Å². The van der Waals surface area contributed by atoms with Crippen LogP contribution in [-0.2, 0) is 9.59 Å². The third-order valence-corrected chi connectivity index (χ3v) is 3.27. The Hall–Kier alpha value is -1.18. The average molecular weight is 174 g/mol. The van der Waals surface area contributed by atoms with Crippen LogP contribution in [0.25, 0.3) is 0 Å². The summed E-state index contributed by atoms with van der Waals surface area (Å²) in [5.41, 5.74) is 1.59. The fraction of sp³-hybridized carbons (Fsp3) is 0.455. The highest BCUT2D eigenvalue weighted by Crippen LogP contribution is 2.53. The molecule has 1 spiro atoms. The molecule has 0 unspecified atom stereocenters. The first-order chi connectivity index (χ1) is 6.21. The Morgan fingerprint density at radius 2 is 1.92 bits per heavy atom. The van der Waals surface area contributed by atoms with Crippen molar-refractivity contribution in [1.29, 1.82) is 0 Å².